The maximum absolute atomic E-state index is 14.3. The van der Waals surface area contributed by atoms with Gasteiger partial charge in [0.2, 0.25) is 0 Å². The zero-order chi connectivity index (χ0) is 20.5. The summed E-state index contributed by atoms with van der Waals surface area (Å²) in [5.74, 6) is 0.0898. The molecule has 0 atom stereocenters. The van der Waals surface area contributed by atoms with Gasteiger partial charge in [0.15, 0.2) is 5.82 Å². The van der Waals surface area contributed by atoms with Gasteiger partial charge in [-0.15, -0.1) is 0 Å². The van der Waals surface area contributed by atoms with Gasteiger partial charge in [-0.2, -0.15) is 15.5 Å². The Labute approximate surface area is 167 Å². The lowest BCUT2D eigenvalue weighted by atomic mass is 10.1. The molecule has 0 saturated carbocycles. The van der Waals surface area contributed by atoms with Gasteiger partial charge < -0.3 is 9.80 Å². The summed E-state index contributed by atoms with van der Waals surface area (Å²) in [6, 6.07) is 8.19. The second kappa shape index (κ2) is 7.39. The molecule has 0 bridgehead atoms. The first-order chi connectivity index (χ1) is 14.0. The maximum atomic E-state index is 14.3. The molecule has 0 radical (unpaired) electrons. The van der Waals surface area contributed by atoms with Crippen LogP contribution in [0, 0.1) is 24.1 Å². The molecule has 29 heavy (non-hydrogen) atoms. The maximum Gasteiger partial charge on any atom is 0.259 e. The third-order valence-corrected chi connectivity index (χ3v) is 5.11. The number of carbonyl (C=O) groups excluding carboxylic acids is 1. The van der Waals surface area contributed by atoms with E-state index in [0.29, 0.717) is 54.5 Å². The van der Waals surface area contributed by atoms with Crippen molar-refractivity contribution in [1.29, 1.82) is 5.26 Å². The Morgan fingerprint density at radius 1 is 1.24 bits per heavy atom. The van der Waals surface area contributed by atoms with Gasteiger partial charge in [0, 0.05) is 45.6 Å². The molecule has 3 aromatic rings. The van der Waals surface area contributed by atoms with Crippen molar-refractivity contribution in [3.05, 3.63) is 59.3 Å². The lowest BCUT2D eigenvalue weighted by Crippen LogP contribution is -2.49. The van der Waals surface area contributed by atoms with Crippen molar-refractivity contribution in [1.82, 2.24) is 24.5 Å². The van der Waals surface area contributed by atoms with Crippen LogP contribution in [0.4, 0.5) is 10.1 Å². The largest absolute Gasteiger partial charge is 0.366 e. The number of carbonyl (C=O) groups is 1. The standard InChI is InChI=1S/C20H20FN7O/c1-14-18(19(25(2)24-14)28-7-3-6-23-28)20(29)27-10-8-26(9-11-27)17-5-4-15(13-22)12-16(17)21/h3-7,12H,8-11H2,1-2H3. The average molecular weight is 393 g/mol. The first-order valence-electron chi connectivity index (χ1n) is 9.27. The second-order valence-electron chi connectivity index (χ2n) is 6.92. The van der Waals surface area contributed by atoms with E-state index in [9.17, 15) is 9.18 Å². The van der Waals surface area contributed by atoms with Gasteiger partial charge in [-0.3, -0.25) is 4.79 Å². The average Bonchev–Trinajstić information content (AvgIpc) is 3.34. The second-order valence-corrected chi connectivity index (χ2v) is 6.92. The van der Waals surface area contributed by atoms with Crippen LogP contribution in [-0.2, 0) is 7.05 Å². The Kier molecular flexibility index (Phi) is 4.76. The van der Waals surface area contributed by atoms with E-state index < -0.39 is 5.82 Å². The lowest BCUT2D eigenvalue weighted by Gasteiger charge is -2.36. The summed E-state index contributed by atoms with van der Waals surface area (Å²) < 4.78 is 17.6. The molecule has 1 aliphatic heterocycles. The molecule has 3 heterocycles. The molecule has 1 aliphatic rings. The predicted molar refractivity (Wildman–Crippen MR) is 104 cm³/mol. The van der Waals surface area contributed by atoms with Crippen molar-refractivity contribution in [2.24, 2.45) is 7.05 Å². The summed E-state index contributed by atoms with van der Waals surface area (Å²) in [5.41, 5.74) is 1.90. The number of nitrogens with zero attached hydrogens (tertiary/aromatic N) is 7. The Hall–Kier alpha value is -3.67. The first-order valence-corrected chi connectivity index (χ1v) is 9.27. The van der Waals surface area contributed by atoms with Gasteiger partial charge >= 0.3 is 0 Å². The van der Waals surface area contributed by atoms with Crippen LogP contribution in [0.25, 0.3) is 5.82 Å². The van der Waals surface area contributed by atoms with E-state index in [2.05, 4.69) is 10.2 Å². The highest BCUT2D eigenvalue weighted by Gasteiger charge is 2.29. The SMILES string of the molecule is Cc1nn(C)c(-n2cccn2)c1C(=O)N1CCN(c2ccc(C#N)cc2F)CC1. The minimum atomic E-state index is -0.423. The van der Waals surface area contributed by atoms with Crippen molar-refractivity contribution >= 4 is 11.6 Å². The fourth-order valence-corrected chi connectivity index (χ4v) is 3.69. The highest BCUT2D eigenvalue weighted by atomic mass is 19.1. The topological polar surface area (TPSA) is 83.0 Å². The van der Waals surface area contributed by atoms with E-state index in [1.54, 1.807) is 51.9 Å². The molecule has 9 heteroatoms. The van der Waals surface area contributed by atoms with Crippen LogP contribution >= 0.6 is 0 Å². The third kappa shape index (κ3) is 3.33. The van der Waals surface area contributed by atoms with Gasteiger partial charge in [-0.1, -0.05) is 0 Å². The smallest absolute Gasteiger partial charge is 0.259 e. The Bertz CT molecular complexity index is 1090. The number of rotatable bonds is 3. The molecule has 148 valence electrons. The summed E-state index contributed by atoms with van der Waals surface area (Å²) in [5, 5.41) is 17.5. The number of anilines is 1. The van der Waals surface area contributed by atoms with Crippen molar-refractivity contribution in [3.63, 3.8) is 0 Å². The zero-order valence-corrected chi connectivity index (χ0v) is 16.2. The third-order valence-electron chi connectivity index (χ3n) is 5.11. The quantitative estimate of drug-likeness (QED) is 0.679. The van der Waals surface area contributed by atoms with Gasteiger partial charge in [0.1, 0.15) is 11.4 Å². The summed E-state index contributed by atoms with van der Waals surface area (Å²) >= 11 is 0. The number of benzene rings is 1. The highest BCUT2D eigenvalue weighted by Crippen LogP contribution is 2.24. The molecule has 0 aliphatic carbocycles. The van der Waals surface area contributed by atoms with Crippen LogP contribution in [-0.4, -0.2) is 56.5 Å². The van der Waals surface area contributed by atoms with Crippen LogP contribution < -0.4 is 4.90 Å². The van der Waals surface area contributed by atoms with Crippen LogP contribution in [0.2, 0.25) is 0 Å². The van der Waals surface area contributed by atoms with Gasteiger partial charge in [-0.25, -0.2) is 13.8 Å². The van der Waals surface area contributed by atoms with Crippen molar-refractivity contribution in [3.8, 4) is 11.9 Å². The Balaban J connectivity index is 1.53. The number of hydrogen-bond acceptors (Lipinski definition) is 5. The number of amides is 1. The minimum absolute atomic E-state index is 0.110. The number of hydrogen-bond donors (Lipinski definition) is 0. The summed E-state index contributed by atoms with van der Waals surface area (Å²) in [7, 11) is 1.78. The van der Waals surface area contributed by atoms with E-state index in [1.807, 2.05) is 17.9 Å². The molecule has 8 nitrogen and oxygen atoms in total. The predicted octanol–water partition coefficient (Wildman–Crippen LogP) is 1.89. The number of nitriles is 1. The summed E-state index contributed by atoms with van der Waals surface area (Å²) in [4.78, 5) is 16.9. The molecule has 0 unspecified atom stereocenters. The fourth-order valence-electron chi connectivity index (χ4n) is 3.69. The summed E-state index contributed by atoms with van der Waals surface area (Å²) in [6.07, 6.45) is 3.43. The van der Waals surface area contributed by atoms with Crippen molar-refractivity contribution in [2.75, 3.05) is 31.1 Å². The molecule has 1 aromatic carbocycles. The monoisotopic (exact) mass is 393 g/mol. The molecule has 2 aromatic heterocycles. The molecular weight excluding hydrogens is 373 g/mol. The van der Waals surface area contributed by atoms with Gasteiger partial charge in [0.25, 0.3) is 5.91 Å². The van der Waals surface area contributed by atoms with E-state index in [0.717, 1.165) is 0 Å². The number of aromatic nitrogens is 4. The van der Waals surface area contributed by atoms with Crippen LogP contribution in [0.5, 0.6) is 0 Å². The Morgan fingerprint density at radius 3 is 2.62 bits per heavy atom. The van der Waals surface area contributed by atoms with Crippen LogP contribution in [0.15, 0.2) is 36.7 Å². The molecule has 1 amide bonds. The summed E-state index contributed by atoms with van der Waals surface area (Å²) in [6.45, 7) is 3.74. The number of halogens is 1. The molecule has 1 fully saturated rings. The fraction of sp³-hybridized carbons (Fsp3) is 0.300. The van der Waals surface area contributed by atoms with Crippen LogP contribution in [0.3, 0.4) is 0 Å². The lowest BCUT2D eigenvalue weighted by molar-refractivity contribution is 0.0745. The van der Waals surface area contributed by atoms with Gasteiger partial charge in [-0.05, 0) is 31.2 Å². The molecular formula is C20H20FN7O. The zero-order valence-electron chi connectivity index (χ0n) is 16.2. The number of piperazine rings is 1. The first kappa shape index (κ1) is 18.7. The van der Waals surface area contributed by atoms with Crippen molar-refractivity contribution in [2.45, 2.75) is 6.92 Å². The molecule has 1 saturated heterocycles. The molecule has 0 N–H and O–H groups in total. The Morgan fingerprint density at radius 2 is 2.00 bits per heavy atom. The van der Waals surface area contributed by atoms with E-state index in [4.69, 9.17) is 5.26 Å². The van der Waals surface area contributed by atoms with E-state index in [-0.39, 0.29) is 5.91 Å². The van der Waals surface area contributed by atoms with Crippen LogP contribution in [0.1, 0.15) is 21.6 Å². The number of aryl methyl sites for hydroxylation is 2. The molecule has 0 spiro atoms. The molecule has 4 rings (SSSR count). The minimum Gasteiger partial charge on any atom is -0.366 e. The van der Waals surface area contributed by atoms with E-state index in [1.165, 1.54) is 6.07 Å². The van der Waals surface area contributed by atoms with Gasteiger partial charge in [0.05, 0.1) is 23.0 Å². The van der Waals surface area contributed by atoms with Crippen molar-refractivity contribution < 1.29 is 9.18 Å². The highest BCUT2D eigenvalue weighted by molar-refractivity contribution is 5.98. The van der Waals surface area contributed by atoms with E-state index >= 15 is 0 Å². The normalized spacial score (nSPS) is 14.1.